The van der Waals surface area contributed by atoms with Gasteiger partial charge in [0.15, 0.2) is 5.96 Å². The lowest BCUT2D eigenvalue weighted by molar-refractivity contribution is 0.0527. The maximum atomic E-state index is 11.7. The lowest BCUT2D eigenvalue weighted by Gasteiger charge is -2.40. The first-order chi connectivity index (χ1) is 15.3. The summed E-state index contributed by atoms with van der Waals surface area (Å²) in [6.07, 6.45) is 1.46. The number of rotatable bonds is 9. The van der Waals surface area contributed by atoms with Crippen molar-refractivity contribution >= 4 is 36.0 Å². The van der Waals surface area contributed by atoms with Gasteiger partial charge in [-0.2, -0.15) is 0 Å². The summed E-state index contributed by atoms with van der Waals surface area (Å²) in [5.41, 5.74) is 0.920. The Balaban J connectivity index is 0.00000544. The number of benzene rings is 1. The zero-order chi connectivity index (χ0) is 23.4. The second kappa shape index (κ2) is 15.3. The van der Waals surface area contributed by atoms with Crippen molar-refractivity contribution in [1.82, 2.24) is 25.8 Å². The lowest BCUT2D eigenvalue weighted by atomic mass is 10.0. The number of guanidine groups is 1. The van der Waals surface area contributed by atoms with E-state index in [1.165, 1.54) is 5.56 Å². The van der Waals surface area contributed by atoms with Crippen LogP contribution >= 0.6 is 24.0 Å². The number of carbonyl (C=O) groups is 1. The van der Waals surface area contributed by atoms with Crippen LogP contribution in [0.4, 0.5) is 4.79 Å². The van der Waals surface area contributed by atoms with Crippen molar-refractivity contribution in [3.8, 4) is 0 Å². The molecule has 1 amide bonds. The number of nitrogens with one attached hydrogen (secondary N) is 3. The van der Waals surface area contributed by atoms with Crippen LogP contribution in [-0.4, -0.2) is 87.4 Å². The Morgan fingerprint density at radius 2 is 1.70 bits per heavy atom. The average molecular weight is 575 g/mol. The Labute approximate surface area is 216 Å². The van der Waals surface area contributed by atoms with Gasteiger partial charge in [0.2, 0.25) is 0 Å². The van der Waals surface area contributed by atoms with Gasteiger partial charge in [-0.05, 0) is 46.2 Å². The van der Waals surface area contributed by atoms with Crippen molar-refractivity contribution in [2.45, 2.75) is 45.3 Å². The van der Waals surface area contributed by atoms with E-state index in [0.29, 0.717) is 12.6 Å². The highest BCUT2D eigenvalue weighted by molar-refractivity contribution is 14.0. The first kappa shape index (κ1) is 29.4. The number of likely N-dealkylation sites (N-methyl/N-ethyl adjacent to an activating group) is 1. The Hall–Kier alpha value is -1.59. The molecule has 1 aliphatic rings. The van der Waals surface area contributed by atoms with Gasteiger partial charge >= 0.3 is 6.09 Å². The molecule has 1 unspecified atom stereocenters. The third-order valence-corrected chi connectivity index (χ3v) is 5.33. The third-order valence-electron chi connectivity index (χ3n) is 5.33. The minimum absolute atomic E-state index is 0. The van der Waals surface area contributed by atoms with Crippen molar-refractivity contribution in [1.29, 1.82) is 0 Å². The summed E-state index contributed by atoms with van der Waals surface area (Å²) in [6.45, 7) is 12.0. The highest BCUT2D eigenvalue weighted by Gasteiger charge is 2.25. The molecule has 1 heterocycles. The molecular formula is C24H43IN6O2. The number of aliphatic imine (C=N–C) groups is 1. The Bertz CT molecular complexity index is 711. The van der Waals surface area contributed by atoms with Gasteiger partial charge in [0.25, 0.3) is 0 Å². The smallest absolute Gasteiger partial charge is 0.407 e. The van der Waals surface area contributed by atoms with Gasteiger partial charge < -0.3 is 25.6 Å². The van der Waals surface area contributed by atoms with Gasteiger partial charge in [-0.3, -0.25) is 9.89 Å². The van der Waals surface area contributed by atoms with Crippen LogP contribution in [0.3, 0.4) is 0 Å². The zero-order valence-corrected chi connectivity index (χ0v) is 23.2. The van der Waals surface area contributed by atoms with Gasteiger partial charge in [-0.25, -0.2) is 4.79 Å². The molecule has 188 valence electrons. The Kier molecular flexibility index (Phi) is 13.7. The van der Waals surface area contributed by atoms with Crippen LogP contribution in [0.5, 0.6) is 0 Å². The molecule has 1 atom stereocenters. The minimum atomic E-state index is -0.473. The largest absolute Gasteiger partial charge is 0.444 e. The number of halogens is 1. The van der Waals surface area contributed by atoms with E-state index in [0.717, 1.165) is 58.1 Å². The number of nitrogens with zero attached hydrogens (tertiary/aromatic N) is 3. The molecular weight excluding hydrogens is 531 g/mol. The van der Waals surface area contributed by atoms with Crippen LogP contribution in [0.25, 0.3) is 0 Å². The summed E-state index contributed by atoms with van der Waals surface area (Å²) in [7, 11) is 3.98. The predicted molar refractivity (Wildman–Crippen MR) is 147 cm³/mol. The first-order valence-corrected chi connectivity index (χ1v) is 11.7. The summed E-state index contributed by atoms with van der Waals surface area (Å²) in [5.74, 6) is 0.792. The molecule has 0 bridgehead atoms. The Morgan fingerprint density at radius 3 is 2.33 bits per heavy atom. The number of ether oxygens (including phenoxy) is 1. The molecule has 3 N–H and O–H groups in total. The van der Waals surface area contributed by atoms with Gasteiger partial charge in [0.05, 0.1) is 0 Å². The van der Waals surface area contributed by atoms with E-state index in [1.54, 1.807) is 7.05 Å². The van der Waals surface area contributed by atoms with Crippen molar-refractivity contribution in [3.63, 3.8) is 0 Å². The molecule has 8 nitrogen and oxygen atoms in total. The standard InChI is InChI=1S/C24H42N6O2.HI/c1-24(2,3)32-23(31)28-14-9-13-26-22(25-4)27-15-10-16-30-18-17-29(5)19-21(30)20-11-7-6-8-12-20;/h6-8,11-12,21H,9-10,13-19H2,1-5H3,(H,28,31)(H2,25,26,27);1H. The molecule has 0 aromatic heterocycles. The van der Waals surface area contributed by atoms with Gasteiger partial charge in [-0.15, -0.1) is 24.0 Å². The molecule has 0 spiro atoms. The second-order valence-electron chi connectivity index (χ2n) is 9.29. The third kappa shape index (κ3) is 11.9. The van der Waals surface area contributed by atoms with E-state index in [4.69, 9.17) is 4.74 Å². The molecule has 1 aliphatic heterocycles. The predicted octanol–water partition coefficient (Wildman–Crippen LogP) is 3.06. The number of hydrogen-bond donors (Lipinski definition) is 3. The van der Waals surface area contributed by atoms with Crippen LogP contribution in [0.1, 0.15) is 45.2 Å². The minimum Gasteiger partial charge on any atom is -0.444 e. The van der Waals surface area contributed by atoms with Crippen molar-refractivity contribution in [3.05, 3.63) is 35.9 Å². The summed E-state index contributed by atoms with van der Waals surface area (Å²) in [6, 6.07) is 11.3. The van der Waals surface area contributed by atoms with Crippen LogP contribution in [0, 0.1) is 0 Å². The molecule has 2 rings (SSSR count). The number of piperazine rings is 1. The maximum Gasteiger partial charge on any atom is 0.407 e. The molecule has 0 saturated carbocycles. The normalized spacial score (nSPS) is 17.7. The first-order valence-electron chi connectivity index (χ1n) is 11.7. The summed E-state index contributed by atoms with van der Waals surface area (Å²) >= 11 is 0. The monoisotopic (exact) mass is 574 g/mol. The van der Waals surface area contributed by atoms with Gasteiger partial charge in [0.1, 0.15) is 5.60 Å². The number of alkyl carbamates (subject to hydrolysis) is 1. The second-order valence-corrected chi connectivity index (χ2v) is 9.29. The van der Waals surface area contributed by atoms with Crippen molar-refractivity contribution in [2.24, 2.45) is 4.99 Å². The zero-order valence-electron chi connectivity index (χ0n) is 20.9. The van der Waals surface area contributed by atoms with Crippen LogP contribution < -0.4 is 16.0 Å². The molecule has 33 heavy (non-hydrogen) atoms. The number of hydrogen-bond acceptors (Lipinski definition) is 5. The molecule has 0 radical (unpaired) electrons. The number of amides is 1. The fraction of sp³-hybridized carbons (Fsp3) is 0.667. The van der Waals surface area contributed by atoms with Gasteiger partial charge in [-0.1, -0.05) is 30.3 Å². The van der Waals surface area contributed by atoms with Crippen LogP contribution in [0.2, 0.25) is 0 Å². The Morgan fingerprint density at radius 1 is 1.06 bits per heavy atom. The molecule has 1 saturated heterocycles. The van der Waals surface area contributed by atoms with E-state index in [-0.39, 0.29) is 30.1 Å². The fourth-order valence-electron chi connectivity index (χ4n) is 3.73. The van der Waals surface area contributed by atoms with Crippen molar-refractivity contribution < 1.29 is 9.53 Å². The van der Waals surface area contributed by atoms with E-state index in [1.807, 2.05) is 20.8 Å². The maximum absolute atomic E-state index is 11.7. The summed E-state index contributed by atoms with van der Waals surface area (Å²) < 4.78 is 5.23. The average Bonchev–Trinajstić information content (AvgIpc) is 2.75. The quantitative estimate of drug-likeness (QED) is 0.182. The van der Waals surface area contributed by atoms with Crippen LogP contribution in [-0.2, 0) is 4.74 Å². The fourth-order valence-corrected chi connectivity index (χ4v) is 3.73. The lowest BCUT2D eigenvalue weighted by Crippen LogP contribution is -2.47. The van der Waals surface area contributed by atoms with E-state index < -0.39 is 5.60 Å². The summed E-state index contributed by atoms with van der Waals surface area (Å²) in [5, 5.41) is 9.46. The number of carbonyl (C=O) groups excluding carboxylic acids is 1. The molecule has 0 aliphatic carbocycles. The van der Waals surface area contributed by atoms with Crippen LogP contribution in [0.15, 0.2) is 35.3 Å². The van der Waals surface area contributed by atoms with E-state index in [9.17, 15) is 4.79 Å². The highest BCUT2D eigenvalue weighted by Crippen LogP contribution is 2.24. The van der Waals surface area contributed by atoms with Gasteiger partial charge in [0, 0.05) is 58.9 Å². The molecule has 1 fully saturated rings. The topological polar surface area (TPSA) is 81.2 Å². The van der Waals surface area contributed by atoms with E-state index in [2.05, 4.69) is 68.1 Å². The molecule has 9 heteroatoms. The van der Waals surface area contributed by atoms with Crippen molar-refractivity contribution in [2.75, 3.05) is 59.9 Å². The van der Waals surface area contributed by atoms with E-state index >= 15 is 0 Å². The molecule has 1 aromatic rings. The SMILES string of the molecule is CN=C(NCCCNC(=O)OC(C)(C)C)NCCCN1CCN(C)CC1c1ccccc1.I. The molecule has 1 aromatic carbocycles. The highest BCUT2D eigenvalue weighted by atomic mass is 127. The summed E-state index contributed by atoms with van der Waals surface area (Å²) in [4.78, 5) is 20.9.